The average molecular weight is 303 g/mol. The van der Waals surface area contributed by atoms with Crippen molar-refractivity contribution in [3.05, 3.63) is 36.3 Å². The van der Waals surface area contributed by atoms with Gasteiger partial charge in [-0.2, -0.15) is 15.0 Å². The van der Waals surface area contributed by atoms with E-state index >= 15 is 0 Å². The van der Waals surface area contributed by atoms with Gasteiger partial charge in [-0.05, 0) is 13.0 Å². The maximum atomic E-state index is 8.92. The summed E-state index contributed by atoms with van der Waals surface area (Å²) in [6.07, 6.45) is 10.2. The summed E-state index contributed by atoms with van der Waals surface area (Å²) in [5.74, 6) is 3.08. The molecule has 0 saturated heterocycles. The normalized spacial score (nSPS) is 11.6. The van der Waals surface area contributed by atoms with E-state index in [1.54, 1.807) is 30.1 Å². The first kappa shape index (κ1) is 14.4. The van der Waals surface area contributed by atoms with E-state index in [2.05, 4.69) is 32.4 Å². The molecule has 0 aromatic carbocycles. The van der Waals surface area contributed by atoms with Gasteiger partial charge in [0.1, 0.15) is 6.04 Å². The molecule has 0 aliphatic heterocycles. The highest BCUT2D eigenvalue weighted by Crippen LogP contribution is 2.23. The van der Waals surface area contributed by atoms with E-state index < -0.39 is 0 Å². The van der Waals surface area contributed by atoms with Crippen molar-refractivity contribution in [3.8, 4) is 24.2 Å². The minimum absolute atomic E-state index is 0.377. The Balaban J connectivity index is 2.07. The Hall–Kier alpha value is -3.58. The molecule has 112 valence electrons. The van der Waals surface area contributed by atoms with Crippen molar-refractivity contribution in [1.29, 1.82) is 5.26 Å². The molecule has 3 rings (SSSR count). The molecule has 7 nitrogen and oxygen atoms in total. The molecule has 0 bridgehead atoms. The summed E-state index contributed by atoms with van der Waals surface area (Å²) in [7, 11) is 0. The van der Waals surface area contributed by atoms with Crippen LogP contribution in [0.1, 0.15) is 12.5 Å². The second-order valence-electron chi connectivity index (χ2n) is 4.96. The molecule has 3 aromatic rings. The highest BCUT2D eigenvalue weighted by molar-refractivity contribution is 5.78. The van der Waals surface area contributed by atoms with Gasteiger partial charge in [0.05, 0.1) is 29.8 Å². The van der Waals surface area contributed by atoms with Crippen molar-refractivity contribution in [2.45, 2.75) is 13.0 Å². The summed E-state index contributed by atoms with van der Waals surface area (Å²) in [5.41, 5.74) is 8.29. The van der Waals surface area contributed by atoms with E-state index in [-0.39, 0.29) is 6.04 Å². The molecular weight excluding hydrogens is 290 g/mol. The molecule has 7 heteroatoms. The Morgan fingerprint density at radius 2 is 2.13 bits per heavy atom. The molecule has 3 N–H and O–H groups in total. The molecule has 3 aromatic heterocycles. The fourth-order valence-electron chi connectivity index (χ4n) is 2.13. The Labute approximate surface area is 132 Å². The maximum absolute atomic E-state index is 8.92. The SMILES string of the molecule is C#Cc1cnc2c(cnn2-c2cc(N[C@H](C)C#N)c(N)cn2)c1. The van der Waals surface area contributed by atoms with Gasteiger partial charge < -0.3 is 11.1 Å². The van der Waals surface area contributed by atoms with Gasteiger partial charge in [0.15, 0.2) is 11.5 Å². The van der Waals surface area contributed by atoms with E-state index in [9.17, 15) is 0 Å². The van der Waals surface area contributed by atoms with E-state index in [0.717, 1.165) is 5.39 Å². The average Bonchev–Trinajstić information content (AvgIpc) is 2.99. The van der Waals surface area contributed by atoms with Gasteiger partial charge in [0.2, 0.25) is 0 Å². The first-order chi connectivity index (χ1) is 11.1. The Bertz CT molecular complexity index is 959. The van der Waals surface area contributed by atoms with Crippen LogP contribution in [0.25, 0.3) is 16.9 Å². The second kappa shape index (κ2) is 5.66. The monoisotopic (exact) mass is 303 g/mol. The van der Waals surface area contributed by atoms with Crippen molar-refractivity contribution in [1.82, 2.24) is 19.7 Å². The zero-order chi connectivity index (χ0) is 16.4. The summed E-state index contributed by atoms with van der Waals surface area (Å²) < 4.78 is 1.59. The Kier molecular flexibility index (Phi) is 3.54. The third-order valence-electron chi connectivity index (χ3n) is 3.28. The van der Waals surface area contributed by atoms with E-state index in [0.29, 0.717) is 28.4 Å². The third kappa shape index (κ3) is 2.63. The predicted molar refractivity (Wildman–Crippen MR) is 87.7 cm³/mol. The van der Waals surface area contributed by atoms with E-state index in [4.69, 9.17) is 17.4 Å². The van der Waals surface area contributed by atoms with Crippen LogP contribution in [-0.4, -0.2) is 25.8 Å². The number of nitrogens with one attached hydrogen (secondary N) is 1. The fourth-order valence-corrected chi connectivity index (χ4v) is 2.13. The molecule has 0 aliphatic rings. The second-order valence-corrected chi connectivity index (χ2v) is 4.96. The van der Waals surface area contributed by atoms with Crippen molar-refractivity contribution >= 4 is 22.4 Å². The molecule has 0 amide bonds. The number of rotatable bonds is 3. The number of aromatic nitrogens is 4. The molecule has 23 heavy (non-hydrogen) atoms. The lowest BCUT2D eigenvalue weighted by Crippen LogP contribution is -2.14. The number of terminal acetylenes is 1. The predicted octanol–water partition coefficient (Wildman–Crippen LogP) is 1.70. The fraction of sp³-hybridized carbons (Fsp3) is 0.125. The molecule has 1 atom stereocenters. The number of pyridine rings is 2. The van der Waals surface area contributed by atoms with Gasteiger partial charge in [-0.3, -0.25) is 0 Å². The third-order valence-corrected chi connectivity index (χ3v) is 3.28. The summed E-state index contributed by atoms with van der Waals surface area (Å²) >= 11 is 0. The zero-order valence-electron chi connectivity index (χ0n) is 12.4. The van der Waals surface area contributed by atoms with Gasteiger partial charge in [-0.15, -0.1) is 6.42 Å². The van der Waals surface area contributed by atoms with Crippen LogP contribution < -0.4 is 11.1 Å². The number of hydrogen-bond donors (Lipinski definition) is 2. The van der Waals surface area contributed by atoms with Gasteiger partial charge >= 0.3 is 0 Å². The topological polar surface area (TPSA) is 105 Å². The molecule has 0 aliphatic carbocycles. The van der Waals surface area contributed by atoms with Crippen molar-refractivity contribution in [2.75, 3.05) is 11.1 Å². The maximum Gasteiger partial charge on any atom is 0.164 e. The van der Waals surface area contributed by atoms with Crippen molar-refractivity contribution in [3.63, 3.8) is 0 Å². The number of anilines is 2. The molecule has 0 fully saturated rings. The summed E-state index contributed by atoms with van der Waals surface area (Å²) in [5, 5.41) is 17.1. The first-order valence-electron chi connectivity index (χ1n) is 6.85. The Morgan fingerprint density at radius 1 is 1.30 bits per heavy atom. The van der Waals surface area contributed by atoms with Gasteiger partial charge in [0, 0.05) is 23.2 Å². The minimum atomic E-state index is -0.377. The van der Waals surface area contributed by atoms with Crippen molar-refractivity contribution in [2.24, 2.45) is 0 Å². The molecule has 3 heterocycles. The number of nitrogen functional groups attached to an aromatic ring is 1. The molecule has 0 radical (unpaired) electrons. The minimum Gasteiger partial charge on any atom is -0.396 e. The van der Waals surface area contributed by atoms with Crippen LogP contribution in [0, 0.1) is 23.7 Å². The molecule has 0 spiro atoms. The standard InChI is InChI=1S/C16H13N7/c1-3-11-4-12-8-21-23(16(12)20-7-11)15-5-14(13(18)9-19-15)22-10(2)6-17/h1,4-5,7-10H,18H2,2H3,(H,19,22)/t10-/m1/s1. The number of nitriles is 1. The summed E-state index contributed by atoms with van der Waals surface area (Å²) in [6.45, 7) is 1.74. The van der Waals surface area contributed by atoms with Crippen LogP contribution in [0.15, 0.2) is 30.7 Å². The molecule has 0 unspecified atom stereocenters. The zero-order valence-corrected chi connectivity index (χ0v) is 12.4. The lowest BCUT2D eigenvalue weighted by molar-refractivity contribution is 0.862. The summed E-state index contributed by atoms with van der Waals surface area (Å²) in [6, 6.07) is 5.28. The lowest BCUT2D eigenvalue weighted by Gasteiger charge is -2.12. The highest BCUT2D eigenvalue weighted by Gasteiger charge is 2.11. The number of nitrogens with zero attached hydrogens (tertiary/aromatic N) is 5. The first-order valence-corrected chi connectivity index (χ1v) is 6.85. The van der Waals surface area contributed by atoms with Crippen LogP contribution in [0.3, 0.4) is 0 Å². The lowest BCUT2D eigenvalue weighted by atomic mass is 10.2. The van der Waals surface area contributed by atoms with Crippen LogP contribution in [0.5, 0.6) is 0 Å². The molecule has 0 saturated carbocycles. The van der Waals surface area contributed by atoms with Crippen LogP contribution in [-0.2, 0) is 0 Å². The van der Waals surface area contributed by atoms with Crippen LogP contribution in [0.4, 0.5) is 11.4 Å². The summed E-state index contributed by atoms with van der Waals surface area (Å²) in [4.78, 5) is 8.61. The number of nitrogens with two attached hydrogens (primary N) is 1. The van der Waals surface area contributed by atoms with Gasteiger partial charge in [0.25, 0.3) is 0 Å². The van der Waals surface area contributed by atoms with Crippen molar-refractivity contribution < 1.29 is 0 Å². The number of hydrogen-bond acceptors (Lipinski definition) is 6. The number of fused-ring (bicyclic) bond motifs is 1. The molecular formula is C16H13N7. The van der Waals surface area contributed by atoms with Gasteiger partial charge in [-0.25, -0.2) is 9.97 Å². The van der Waals surface area contributed by atoms with E-state index in [1.165, 1.54) is 6.20 Å². The quantitative estimate of drug-likeness (QED) is 0.713. The van der Waals surface area contributed by atoms with Crippen LogP contribution >= 0.6 is 0 Å². The Morgan fingerprint density at radius 3 is 2.87 bits per heavy atom. The van der Waals surface area contributed by atoms with Gasteiger partial charge in [-0.1, -0.05) is 5.92 Å². The smallest absolute Gasteiger partial charge is 0.164 e. The highest BCUT2D eigenvalue weighted by atomic mass is 15.3. The van der Waals surface area contributed by atoms with E-state index in [1.807, 2.05) is 6.07 Å². The van der Waals surface area contributed by atoms with Crippen LogP contribution in [0.2, 0.25) is 0 Å². The largest absolute Gasteiger partial charge is 0.396 e.